The van der Waals surface area contributed by atoms with E-state index >= 15 is 0 Å². The number of nitrogens with one attached hydrogen (secondary N) is 1. The highest BCUT2D eigenvalue weighted by molar-refractivity contribution is 8.00. The zero-order valence-corrected chi connectivity index (χ0v) is 14.3. The first kappa shape index (κ1) is 16.6. The van der Waals surface area contributed by atoms with Gasteiger partial charge in [-0.05, 0) is 44.7 Å². The van der Waals surface area contributed by atoms with Crippen LogP contribution in [0.2, 0.25) is 0 Å². The summed E-state index contributed by atoms with van der Waals surface area (Å²) in [5, 5.41) is 2.44. The number of amides is 3. The second kappa shape index (κ2) is 7.09. The van der Waals surface area contributed by atoms with Gasteiger partial charge in [0.15, 0.2) is 5.16 Å². The highest BCUT2D eigenvalue weighted by atomic mass is 32.2. The Morgan fingerprint density at radius 1 is 1.25 bits per heavy atom. The SMILES string of the molecule is CC(Sc1nc2c(n1-c1ccccc1)CCCC2)C(=O)NC(N)=O. The number of carbonyl (C=O) groups is 2. The van der Waals surface area contributed by atoms with Crippen molar-refractivity contribution in [3.63, 3.8) is 0 Å². The Balaban J connectivity index is 1.94. The van der Waals surface area contributed by atoms with Gasteiger partial charge in [0, 0.05) is 11.4 Å². The van der Waals surface area contributed by atoms with Gasteiger partial charge in [0.1, 0.15) is 0 Å². The summed E-state index contributed by atoms with van der Waals surface area (Å²) in [7, 11) is 0. The molecule has 2 aromatic rings. The second-order valence-corrected chi connectivity index (χ2v) is 7.09. The van der Waals surface area contributed by atoms with Crippen LogP contribution in [0.5, 0.6) is 0 Å². The fraction of sp³-hybridized carbons (Fsp3) is 0.353. The molecule has 0 spiro atoms. The third kappa shape index (κ3) is 3.46. The van der Waals surface area contributed by atoms with Gasteiger partial charge in [0.2, 0.25) is 5.91 Å². The number of nitrogens with two attached hydrogens (primary N) is 1. The number of para-hydroxylation sites is 1. The van der Waals surface area contributed by atoms with Gasteiger partial charge in [0.25, 0.3) is 0 Å². The fourth-order valence-corrected chi connectivity index (χ4v) is 3.84. The number of primary amides is 1. The fourth-order valence-electron chi connectivity index (χ4n) is 2.87. The van der Waals surface area contributed by atoms with E-state index in [9.17, 15) is 9.59 Å². The number of aromatic nitrogens is 2. The zero-order chi connectivity index (χ0) is 17.1. The molecule has 0 aliphatic heterocycles. The summed E-state index contributed by atoms with van der Waals surface area (Å²) >= 11 is 1.34. The topological polar surface area (TPSA) is 90.0 Å². The number of hydrogen-bond acceptors (Lipinski definition) is 4. The van der Waals surface area contributed by atoms with Crippen molar-refractivity contribution < 1.29 is 9.59 Å². The van der Waals surface area contributed by atoms with Crippen LogP contribution in [0, 0.1) is 0 Å². The van der Waals surface area contributed by atoms with Crippen LogP contribution in [0.4, 0.5) is 4.79 Å². The van der Waals surface area contributed by atoms with E-state index in [1.54, 1.807) is 6.92 Å². The van der Waals surface area contributed by atoms with Crippen LogP contribution in [0.15, 0.2) is 35.5 Å². The maximum Gasteiger partial charge on any atom is 0.318 e. The highest BCUT2D eigenvalue weighted by Gasteiger charge is 2.24. The van der Waals surface area contributed by atoms with E-state index in [4.69, 9.17) is 10.7 Å². The number of urea groups is 1. The Morgan fingerprint density at radius 2 is 1.96 bits per heavy atom. The lowest BCUT2D eigenvalue weighted by Gasteiger charge is -2.16. The molecule has 24 heavy (non-hydrogen) atoms. The van der Waals surface area contributed by atoms with Crippen LogP contribution in [0.25, 0.3) is 5.69 Å². The average molecular weight is 344 g/mol. The lowest BCUT2D eigenvalue weighted by molar-refractivity contribution is -0.119. The molecule has 1 unspecified atom stereocenters. The van der Waals surface area contributed by atoms with Crippen LogP contribution < -0.4 is 11.1 Å². The van der Waals surface area contributed by atoms with E-state index in [2.05, 4.69) is 9.88 Å². The number of thioether (sulfide) groups is 1. The van der Waals surface area contributed by atoms with Gasteiger partial charge in [-0.1, -0.05) is 30.0 Å². The maximum absolute atomic E-state index is 12.0. The molecule has 1 aliphatic rings. The predicted molar refractivity (Wildman–Crippen MR) is 93.3 cm³/mol. The van der Waals surface area contributed by atoms with Gasteiger partial charge in [0.05, 0.1) is 10.9 Å². The van der Waals surface area contributed by atoms with Gasteiger partial charge >= 0.3 is 6.03 Å². The highest BCUT2D eigenvalue weighted by Crippen LogP contribution is 2.32. The number of rotatable bonds is 4. The number of carbonyl (C=O) groups excluding carboxylic acids is 2. The monoisotopic (exact) mass is 344 g/mol. The molecule has 0 radical (unpaired) electrons. The van der Waals surface area contributed by atoms with Gasteiger partial charge in [-0.3, -0.25) is 14.7 Å². The summed E-state index contributed by atoms with van der Waals surface area (Å²) in [5.74, 6) is -0.409. The Morgan fingerprint density at radius 3 is 2.67 bits per heavy atom. The number of fused-ring (bicyclic) bond motifs is 1. The van der Waals surface area contributed by atoms with Gasteiger partial charge < -0.3 is 5.73 Å². The Hall–Kier alpha value is -2.28. The van der Waals surface area contributed by atoms with Gasteiger partial charge in [-0.15, -0.1) is 0 Å². The quantitative estimate of drug-likeness (QED) is 0.834. The van der Waals surface area contributed by atoms with Crippen molar-refractivity contribution >= 4 is 23.7 Å². The number of aryl methyl sites for hydroxylation is 1. The van der Waals surface area contributed by atoms with Crippen LogP contribution in [-0.4, -0.2) is 26.7 Å². The molecule has 3 rings (SSSR count). The first-order valence-electron chi connectivity index (χ1n) is 7.99. The van der Waals surface area contributed by atoms with E-state index in [0.29, 0.717) is 0 Å². The molecule has 3 amide bonds. The summed E-state index contributed by atoms with van der Waals surface area (Å²) < 4.78 is 2.13. The van der Waals surface area contributed by atoms with Crippen molar-refractivity contribution in [3.8, 4) is 5.69 Å². The Kier molecular flexibility index (Phi) is 4.89. The molecule has 1 atom stereocenters. The van der Waals surface area contributed by atoms with Crippen LogP contribution in [-0.2, 0) is 17.6 Å². The van der Waals surface area contributed by atoms with Crippen LogP contribution in [0.1, 0.15) is 31.2 Å². The first-order chi connectivity index (χ1) is 11.6. The molecule has 1 aliphatic carbocycles. The normalized spacial score (nSPS) is 14.7. The van der Waals surface area contributed by atoms with Crippen molar-refractivity contribution in [1.29, 1.82) is 0 Å². The molecule has 1 aromatic heterocycles. The zero-order valence-electron chi connectivity index (χ0n) is 13.5. The van der Waals surface area contributed by atoms with Crippen molar-refractivity contribution in [2.75, 3.05) is 0 Å². The van der Waals surface area contributed by atoms with E-state index in [0.717, 1.165) is 42.2 Å². The minimum absolute atomic E-state index is 0.409. The predicted octanol–water partition coefficient (Wildman–Crippen LogP) is 2.43. The minimum atomic E-state index is -0.835. The van der Waals surface area contributed by atoms with Crippen molar-refractivity contribution in [1.82, 2.24) is 14.9 Å². The largest absolute Gasteiger partial charge is 0.351 e. The lowest BCUT2D eigenvalue weighted by atomic mass is 10.0. The minimum Gasteiger partial charge on any atom is -0.351 e. The molecule has 0 bridgehead atoms. The Bertz CT molecular complexity index is 757. The molecule has 3 N–H and O–H groups in total. The third-order valence-corrected chi connectivity index (χ3v) is 5.07. The van der Waals surface area contributed by atoms with Gasteiger partial charge in [-0.2, -0.15) is 0 Å². The molecule has 7 heteroatoms. The summed E-state index contributed by atoms with van der Waals surface area (Å²) in [5.41, 5.74) is 8.39. The van der Waals surface area contributed by atoms with E-state index in [1.807, 2.05) is 30.3 Å². The maximum atomic E-state index is 12.0. The molecule has 126 valence electrons. The van der Waals surface area contributed by atoms with E-state index < -0.39 is 17.2 Å². The van der Waals surface area contributed by atoms with E-state index in [-0.39, 0.29) is 0 Å². The molecule has 6 nitrogen and oxygen atoms in total. The number of benzene rings is 1. The van der Waals surface area contributed by atoms with E-state index in [1.165, 1.54) is 17.5 Å². The van der Waals surface area contributed by atoms with Crippen molar-refractivity contribution in [2.45, 2.75) is 43.0 Å². The average Bonchev–Trinajstić information content (AvgIpc) is 2.92. The Labute approximate surface area is 144 Å². The molecule has 1 heterocycles. The molecule has 1 aromatic carbocycles. The summed E-state index contributed by atoms with van der Waals surface area (Å²) in [6.45, 7) is 1.74. The molecule has 0 saturated carbocycles. The smallest absolute Gasteiger partial charge is 0.318 e. The first-order valence-corrected chi connectivity index (χ1v) is 8.87. The number of imidazole rings is 1. The van der Waals surface area contributed by atoms with Crippen LogP contribution >= 0.6 is 11.8 Å². The molecular formula is C17H20N4O2S. The van der Waals surface area contributed by atoms with Crippen LogP contribution in [0.3, 0.4) is 0 Å². The van der Waals surface area contributed by atoms with Crippen molar-refractivity contribution in [2.24, 2.45) is 5.73 Å². The number of hydrogen-bond donors (Lipinski definition) is 2. The second-order valence-electron chi connectivity index (χ2n) is 5.78. The third-order valence-electron chi connectivity index (χ3n) is 4.01. The summed E-state index contributed by atoms with van der Waals surface area (Å²) in [6.07, 6.45) is 4.23. The summed E-state index contributed by atoms with van der Waals surface area (Å²) in [4.78, 5) is 27.6. The molecule has 0 saturated heterocycles. The summed E-state index contributed by atoms with van der Waals surface area (Å²) in [6, 6.07) is 9.19. The number of nitrogens with zero attached hydrogens (tertiary/aromatic N) is 2. The standard InChI is InChI=1S/C17H20N4O2S/c1-11(15(22)20-16(18)23)24-17-19-13-9-5-6-10-14(13)21(17)12-7-3-2-4-8-12/h2-4,7-8,11H,5-6,9-10H2,1H3,(H3,18,20,22,23). The molecule has 0 fully saturated rings. The lowest BCUT2D eigenvalue weighted by Crippen LogP contribution is -2.39. The van der Waals surface area contributed by atoms with Crippen molar-refractivity contribution in [3.05, 3.63) is 41.7 Å². The number of imide groups is 1. The molecular weight excluding hydrogens is 324 g/mol. The van der Waals surface area contributed by atoms with Gasteiger partial charge in [-0.25, -0.2) is 9.78 Å².